The second-order valence-corrected chi connectivity index (χ2v) is 16.8. The molecule has 1 aromatic rings. The average molecular weight is 742 g/mol. The van der Waals surface area contributed by atoms with Crippen molar-refractivity contribution < 1.29 is 46.6 Å². The van der Waals surface area contributed by atoms with Crippen molar-refractivity contribution in [1.29, 1.82) is 0 Å². The third kappa shape index (κ3) is 8.07. The maximum atomic E-state index is 14.4. The highest BCUT2D eigenvalue weighted by Crippen LogP contribution is 2.46. The zero-order valence-corrected chi connectivity index (χ0v) is 29.9. The van der Waals surface area contributed by atoms with E-state index in [1.165, 1.54) is 4.90 Å². The Hall–Kier alpha value is -4.18. The molecule has 4 heterocycles. The molecule has 2 saturated carbocycles. The van der Waals surface area contributed by atoms with Crippen molar-refractivity contribution in [3.05, 3.63) is 47.5 Å². The van der Waals surface area contributed by atoms with Crippen LogP contribution in [0.25, 0.3) is 0 Å². The quantitative estimate of drug-likeness (QED) is 0.365. The number of carbonyl (C=O) groups excluding carboxylic acids is 5. The minimum absolute atomic E-state index is 0.0537. The number of ether oxygens (including phenoxy) is 3. The summed E-state index contributed by atoms with van der Waals surface area (Å²) in [5.74, 6) is -2.46. The van der Waals surface area contributed by atoms with E-state index in [1.807, 2.05) is 36.4 Å². The normalized spacial score (nSPS) is 30.4. The standard InChI is InChI=1S/C36H47N5O10S/c42-31-30-18-27(51-35(46)40-20-23-8-6-7-9-24(23)21-40)22-41(30)32(43)29(37-34(45)50-26-14-16-49-17-15-26)11-5-3-1-2-4-10-25-19-36(25,38-31)33(44)39-52(47,48)28-12-13-28/h4,6-10,25-30H,1-3,5,11-22H2,(H,37,45)(H,38,42)(H,39,44)/b10-4-/t25-,27+,29-,30-,36+/m0/s1. The fourth-order valence-electron chi connectivity index (χ4n) is 7.65. The minimum atomic E-state index is -3.90. The molecule has 0 unspecified atom stereocenters. The molecule has 4 fully saturated rings. The first-order valence-corrected chi connectivity index (χ1v) is 20.0. The molecule has 52 heavy (non-hydrogen) atoms. The van der Waals surface area contributed by atoms with Crippen LogP contribution in [0.5, 0.6) is 0 Å². The highest BCUT2D eigenvalue weighted by molar-refractivity contribution is 7.91. The van der Waals surface area contributed by atoms with E-state index >= 15 is 0 Å². The van der Waals surface area contributed by atoms with Crippen LogP contribution >= 0.6 is 0 Å². The van der Waals surface area contributed by atoms with Crippen molar-refractivity contribution in [3.8, 4) is 0 Å². The maximum absolute atomic E-state index is 14.4. The van der Waals surface area contributed by atoms with Gasteiger partial charge in [-0.05, 0) is 49.7 Å². The second-order valence-electron chi connectivity index (χ2n) is 14.8. The smallest absolute Gasteiger partial charge is 0.410 e. The summed E-state index contributed by atoms with van der Waals surface area (Å²) in [6.07, 6.45) is 6.51. The van der Waals surface area contributed by atoms with E-state index in [-0.39, 0.29) is 25.5 Å². The van der Waals surface area contributed by atoms with Gasteiger partial charge in [0.1, 0.15) is 29.8 Å². The first-order valence-electron chi connectivity index (χ1n) is 18.4. The van der Waals surface area contributed by atoms with E-state index in [1.54, 1.807) is 4.90 Å². The van der Waals surface area contributed by atoms with Gasteiger partial charge in [0, 0.05) is 38.3 Å². The molecule has 1 aromatic carbocycles. The Bertz CT molecular complexity index is 1680. The molecule has 7 rings (SSSR count). The van der Waals surface area contributed by atoms with E-state index in [0.717, 1.165) is 24.0 Å². The van der Waals surface area contributed by atoms with E-state index < -0.39 is 74.8 Å². The van der Waals surface area contributed by atoms with Crippen LogP contribution in [0.1, 0.15) is 81.8 Å². The van der Waals surface area contributed by atoms with Crippen LogP contribution in [0.3, 0.4) is 0 Å². The zero-order valence-electron chi connectivity index (χ0n) is 29.1. The SMILES string of the molecule is O=C(N[C@H]1CCCCC/C=C\[C@H]2C[C@@]2(C(=O)NS(=O)(=O)C2CC2)NC(=O)[C@@H]2C[C@@H](OC(=O)N3Cc4ccccc4C3)CN2C1=O)OC1CCOCC1. The van der Waals surface area contributed by atoms with Crippen molar-refractivity contribution in [2.24, 2.45) is 5.92 Å². The summed E-state index contributed by atoms with van der Waals surface area (Å²) in [5.41, 5.74) is 0.496. The van der Waals surface area contributed by atoms with Crippen molar-refractivity contribution in [1.82, 2.24) is 25.2 Å². The molecule has 6 aliphatic rings. The molecule has 0 radical (unpaired) electrons. The number of sulfonamides is 1. The number of amides is 5. The van der Waals surface area contributed by atoms with Gasteiger partial charge in [0.05, 0.1) is 25.0 Å². The number of carbonyl (C=O) groups is 5. The lowest BCUT2D eigenvalue weighted by atomic mass is 10.0. The molecule has 2 saturated heterocycles. The summed E-state index contributed by atoms with van der Waals surface area (Å²) in [4.78, 5) is 71.6. The maximum Gasteiger partial charge on any atom is 0.410 e. The summed E-state index contributed by atoms with van der Waals surface area (Å²) in [6, 6.07) is 5.50. The molecular weight excluding hydrogens is 694 g/mol. The number of alkyl carbamates (subject to hydrolysis) is 1. The molecule has 282 valence electrons. The van der Waals surface area contributed by atoms with Gasteiger partial charge in [-0.25, -0.2) is 18.0 Å². The van der Waals surface area contributed by atoms with Gasteiger partial charge in [-0.2, -0.15) is 0 Å². The van der Waals surface area contributed by atoms with Gasteiger partial charge >= 0.3 is 12.2 Å². The molecular formula is C36H47N5O10S. The molecule has 0 spiro atoms. The Morgan fingerprint density at radius 2 is 1.65 bits per heavy atom. The largest absolute Gasteiger partial charge is 0.446 e. The van der Waals surface area contributed by atoms with Gasteiger partial charge in [-0.3, -0.25) is 24.0 Å². The molecule has 0 aromatic heterocycles. The van der Waals surface area contributed by atoms with E-state index in [9.17, 15) is 32.4 Å². The monoisotopic (exact) mass is 741 g/mol. The van der Waals surface area contributed by atoms with Gasteiger partial charge in [0.15, 0.2) is 0 Å². The van der Waals surface area contributed by atoms with Crippen molar-refractivity contribution >= 4 is 39.9 Å². The lowest BCUT2D eigenvalue weighted by molar-refractivity contribution is -0.141. The summed E-state index contributed by atoms with van der Waals surface area (Å²) in [5, 5.41) is 4.94. The number of benzene rings is 1. The Kier molecular flexibility index (Phi) is 10.5. The number of nitrogens with one attached hydrogen (secondary N) is 3. The Labute approximate surface area is 303 Å². The molecule has 15 nitrogen and oxygen atoms in total. The average Bonchev–Trinajstić information content (AvgIpc) is 4.01. The third-order valence-electron chi connectivity index (χ3n) is 10.9. The van der Waals surface area contributed by atoms with Gasteiger partial charge < -0.3 is 29.7 Å². The number of fused-ring (bicyclic) bond motifs is 3. The lowest BCUT2D eigenvalue weighted by Gasteiger charge is -2.30. The summed E-state index contributed by atoms with van der Waals surface area (Å²) < 4.78 is 44.6. The van der Waals surface area contributed by atoms with Gasteiger partial charge in [-0.1, -0.05) is 49.3 Å². The van der Waals surface area contributed by atoms with Crippen molar-refractivity contribution in [2.45, 2.75) is 119 Å². The molecule has 3 N–H and O–H groups in total. The van der Waals surface area contributed by atoms with Crippen LogP contribution in [0, 0.1) is 5.92 Å². The zero-order chi connectivity index (χ0) is 36.5. The van der Waals surface area contributed by atoms with Crippen molar-refractivity contribution in [3.63, 3.8) is 0 Å². The first kappa shape index (κ1) is 36.2. The predicted molar refractivity (Wildman–Crippen MR) is 185 cm³/mol. The lowest BCUT2D eigenvalue weighted by Crippen LogP contribution is -2.58. The molecule has 0 bridgehead atoms. The molecule has 5 atom stereocenters. The van der Waals surface area contributed by atoms with Crippen LogP contribution in [0.15, 0.2) is 36.4 Å². The second kappa shape index (κ2) is 15.0. The summed E-state index contributed by atoms with van der Waals surface area (Å²) >= 11 is 0. The fourth-order valence-corrected chi connectivity index (χ4v) is 9.01. The number of hydrogen-bond donors (Lipinski definition) is 3. The van der Waals surface area contributed by atoms with Crippen LogP contribution in [-0.2, 0) is 51.7 Å². The first-order chi connectivity index (χ1) is 25.0. The summed E-state index contributed by atoms with van der Waals surface area (Å²) in [7, 11) is -3.90. The van der Waals surface area contributed by atoms with E-state index in [0.29, 0.717) is 71.2 Å². The Balaban J connectivity index is 1.12. The number of hydrogen-bond acceptors (Lipinski definition) is 10. The molecule has 2 aliphatic carbocycles. The minimum Gasteiger partial charge on any atom is -0.446 e. The van der Waals surface area contributed by atoms with Crippen LogP contribution < -0.4 is 15.4 Å². The van der Waals surface area contributed by atoms with Gasteiger partial charge in [0.25, 0.3) is 5.91 Å². The predicted octanol–water partition coefficient (Wildman–Crippen LogP) is 2.39. The molecule has 16 heteroatoms. The summed E-state index contributed by atoms with van der Waals surface area (Å²) in [6.45, 7) is 1.55. The van der Waals surface area contributed by atoms with E-state index in [2.05, 4.69) is 15.4 Å². The molecule has 5 amide bonds. The van der Waals surface area contributed by atoms with Crippen LogP contribution in [-0.4, -0.2) is 103 Å². The van der Waals surface area contributed by atoms with Crippen LogP contribution in [0.2, 0.25) is 0 Å². The topological polar surface area (TPSA) is 190 Å². The highest BCUT2D eigenvalue weighted by atomic mass is 32.2. The number of allylic oxidation sites excluding steroid dienone is 1. The van der Waals surface area contributed by atoms with E-state index in [4.69, 9.17) is 14.2 Å². The van der Waals surface area contributed by atoms with Gasteiger partial charge in [0.2, 0.25) is 21.8 Å². The highest BCUT2D eigenvalue weighted by Gasteiger charge is 2.62. The molecule has 4 aliphatic heterocycles. The third-order valence-corrected chi connectivity index (χ3v) is 12.8. The Morgan fingerprint density at radius 3 is 2.37 bits per heavy atom. The fraction of sp³-hybridized carbons (Fsp3) is 0.639. The Morgan fingerprint density at radius 1 is 0.923 bits per heavy atom. The number of nitrogens with zero attached hydrogens (tertiary/aromatic N) is 2. The van der Waals surface area contributed by atoms with Crippen molar-refractivity contribution in [2.75, 3.05) is 19.8 Å². The van der Waals surface area contributed by atoms with Gasteiger partial charge in [-0.15, -0.1) is 0 Å². The number of rotatable bonds is 6. The van der Waals surface area contributed by atoms with Crippen LogP contribution in [0.4, 0.5) is 9.59 Å².